The van der Waals surface area contributed by atoms with E-state index in [-0.39, 0.29) is 18.1 Å². The number of methoxy groups -OCH3 is 1. The van der Waals surface area contributed by atoms with Crippen LogP contribution in [0.2, 0.25) is 0 Å². The molecule has 0 amide bonds. The van der Waals surface area contributed by atoms with Gasteiger partial charge >= 0.3 is 5.97 Å². The van der Waals surface area contributed by atoms with E-state index >= 15 is 0 Å². The van der Waals surface area contributed by atoms with Crippen LogP contribution >= 0.6 is 31.9 Å². The lowest BCUT2D eigenvalue weighted by molar-refractivity contribution is -0.132. The first-order valence-electron chi connectivity index (χ1n) is 10.2. The topological polar surface area (TPSA) is 71.1 Å². The molecule has 0 aromatic heterocycles. The first-order valence-corrected chi connectivity index (χ1v) is 11.8. The quantitative estimate of drug-likeness (QED) is 0.203. The Labute approximate surface area is 212 Å². The van der Waals surface area contributed by atoms with Crippen LogP contribution in [0.15, 0.2) is 80.9 Å². The van der Waals surface area contributed by atoms with Crippen molar-refractivity contribution in [1.29, 1.82) is 0 Å². The molecule has 0 aliphatic carbocycles. The average Bonchev–Trinajstić information content (AvgIpc) is 3.42. The van der Waals surface area contributed by atoms with E-state index in [4.69, 9.17) is 18.9 Å². The molecule has 0 N–H and O–H groups in total. The van der Waals surface area contributed by atoms with Crippen molar-refractivity contribution in [2.24, 2.45) is 0 Å². The number of Topliss-reactive ketones (excluding diaryl/α,β-unsaturated/α-hetero) is 1. The van der Waals surface area contributed by atoms with Crippen LogP contribution in [0, 0.1) is 0 Å². The Morgan fingerprint density at radius 3 is 2.47 bits per heavy atom. The molecular formula is C26H16Br2O6. The Hall–Kier alpha value is -3.36. The van der Waals surface area contributed by atoms with Crippen molar-refractivity contribution in [2.75, 3.05) is 13.9 Å². The summed E-state index contributed by atoms with van der Waals surface area (Å²) < 4.78 is 23.3. The smallest absolute Gasteiger partial charge is 0.348 e. The maximum absolute atomic E-state index is 13.4. The summed E-state index contributed by atoms with van der Waals surface area (Å²) in [7, 11) is 1.56. The van der Waals surface area contributed by atoms with Gasteiger partial charge in [-0.15, -0.1) is 0 Å². The van der Waals surface area contributed by atoms with Gasteiger partial charge in [0.1, 0.15) is 17.1 Å². The minimum atomic E-state index is -0.707. The number of ketones is 1. The minimum Gasteiger partial charge on any atom is -0.496 e. The number of hydrogen-bond acceptors (Lipinski definition) is 6. The predicted molar refractivity (Wildman–Crippen MR) is 133 cm³/mol. The van der Waals surface area contributed by atoms with Crippen molar-refractivity contribution in [3.63, 3.8) is 0 Å². The molecule has 0 saturated carbocycles. The van der Waals surface area contributed by atoms with Gasteiger partial charge in [0.15, 0.2) is 11.5 Å². The molecule has 170 valence electrons. The zero-order valence-electron chi connectivity index (χ0n) is 17.8. The van der Waals surface area contributed by atoms with E-state index in [1.54, 1.807) is 67.8 Å². The zero-order chi connectivity index (χ0) is 23.8. The van der Waals surface area contributed by atoms with Gasteiger partial charge in [0.2, 0.25) is 12.6 Å². The molecular weight excluding hydrogens is 568 g/mol. The van der Waals surface area contributed by atoms with Gasteiger partial charge in [0.05, 0.1) is 11.6 Å². The molecule has 0 spiro atoms. The number of ether oxygens (including phenoxy) is 4. The lowest BCUT2D eigenvalue weighted by atomic mass is 9.93. The van der Waals surface area contributed by atoms with Crippen LogP contribution in [0.25, 0.3) is 11.6 Å². The highest BCUT2D eigenvalue weighted by molar-refractivity contribution is 9.10. The van der Waals surface area contributed by atoms with Gasteiger partial charge in [-0.1, -0.05) is 28.1 Å². The summed E-state index contributed by atoms with van der Waals surface area (Å²) in [6, 6.07) is 17.6. The second-order valence-corrected chi connectivity index (χ2v) is 9.22. The van der Waals surface area contributed by atoms with E-state index in [0.29, 0.717) is 38.4 Å². The molecule has 5 rings (SSSR count). The van der Waals surface area contributed by atoms with E-state index in [1.807, 2.05) is 6.07 Å². The third-order valence-electron chi connectivity index (χ3n) is 5.37. The second kappa shape index (κ2) is 9.12. The molecule has 6 nitrogen and oxygen atoms in total. The Bertz CT molecular complexity index is 1390. The van der Waals surface area contributed by atoms with Crippen molar-refractivity contribution in [3.05, 3.63) is 97.6 Å². The monoisotopic (exact) mass is 582 g/mol. The highest BCUT2D eigenvalue weighted by atomic mass is 79.9. The molecule has 0 saturated heterocycles. The van der Waals surface area contributed by atoms with E-state index in [9.17, 15) is 9.59 Å². The van der Waals surface area contributed by atoms with Crippen molar-refractivity contribution < 1.29 is 28.5 Å². The van der Waals surface area contributed by atoms with Gasteiger partial charge < -0.3 is 18.9 Å². The van der Waals surface area contributed by atoms with Gasteiger partial charge in [-0.05, 0) is 81.7 Å². The molecule has 3 aromatic carbocycles. The van der Waals surface area contributed by atoms with Crippen molar-refractivity contribution in [2.45, 2.75) is 0 Å². The number of fused-ring (bicyclic) bond motifs is 1. The molecule has 0 unspecified atom stereocenters. The fourth-order valence-corrected chi connectivity index (χ4v) is 4.55. The second-order valence-electron chi connectivity index (χ2n) is 7.45. The maximum atomic E-state index is 13.4. The predicted octanol–water partition coefficient (Wildman–Crippen LogP) is 6.18. The van der Waals surface area contributed by atoms with Crippen LogP contribution in [-0.2, 0) is 9.53 Å². The molecule has 0 atom stereocenters. The Kier molecular flexibility index (Phi) is 6.02. The number of cyclic esters (lactones) is 1. The third-order valence-corrected chi connectivity index (χ3v) is 6.52. The van der Waals surface area contributed by atoms with E-state index in [0.717, 1.165) is 10.0 Å². The number of carbonyl (C=O) groups excluding carboxylic acids is 2. The van der Waals surface area contributed by atoms with Crippen molar-refractivity contribution in [1.82, 2.24) is 0 Å². The van der Waals surface area contributed by atoms with E-state index in [1.165, 1.54) is 0 Å². The van der Waals surface area contributed by atoms with Crippen LogP contribution in [0.3, 0.4) is 0 Å². The molecule has 0 bridgehead atoms. The number of rotatable bonds is 5. The fraction of sp³-hybridized carbons (Fsp3) is 0.0769. The van der Waals surface area contributed by atoms with Crippen LogP contribution in [-0.4, -0.2) is 25.7 Å². The van der Waals surface area contributed by atoms with Crippen molar-refractivity contribution in [3.8, 4) is 17.2 Å². The molecule has 2 aliphatic heterocycles. The number of esters is 1. The Morgan fingerprint density at radius 2 is 1.74 bits per heavy atom. The van der Waals surface area contributed by atoms with Gasteiger partial charge in [-0.2, -0.15) is 0 Å². The maximum Gasteiger partial charge on any atom is 0.348 e. The molecule has 2 aliphatic rings. The van der Waals surface area contributed by atoms with Crippen LogP contribution < -0.4 is 14.2 Å². The third kappa shape index (κ3) is 4.15. The van der Waals surface area contributed by atoms with Crippen LogP contribution in [0.1, 0.15) is 21.5 Å². The van der Waals surface area contributed by atoms with Gasteiger partial charge in [0, 0.05) is 15.6 Å². The van der Waals surface area contributed by atoms with Gasteiger partial charge in [0.25, 0.3) is 0 Å². The first kappa shape index (κ1) is 22.4. The van der Waals surface area contributed by atoms with E-state index < -0.39 is 11.8 Å². The normalized spacial score (nSPS) is 15.6. The SMILES string of the molecule is COc1ccc(C2=C(C(=O)c3ccc(Br)cc3)C(=O)O/C2=C\c2ccc3c(c2)OCO3)cc1Br. The van der Waals surface area contributed by atoms with Crippen LogP contribution in [0.4, 0.5) is 0 Å². The highest BCUT2D eigenvalue weighted by Crippen LogP contribution is 2.41. The first-order chi connectivity index (χ1) is 16.4. The standard InChI is InChI=1S/C26H16Br2O6/c1-31-19-9-5-16(12-18(19)28)23-22(11-14-2-8-20-21(10-14)33-13-32-20)34-26(30)24(23)25(29)15-3-6-17(27)7-4-15/h2-12H,13H2,1H3/b22-11-. The fourth-order valence-electron chi connectivity index (χ4n) is 3.74. The number of carbonyl (C=O) groups is 2. The molecule has 3 aromatic rings. The van der Waals surface area contributed by atoms with Crippen molar-refractivity contribution >= 4 is 55.3 Å². The molecule has 0 radical (unpaired) electrons. The summed E-state index contributed by atoms with van der Waals surface area (Å²) >= 11 is 6.85. The lowest BCUT2D eigenvalue weighted by Crippen LogP contribution is -2.11. The summed E-state index contributed by atoms with van der Waals surface area (Å²) in [5.41, 5.74) is 2.11. The average molecular weight is 584 g/mol. The molecule has 34 heavy (non-hydrogen) atoms. The summed E-state index contributed by atoms with van der Waals surface area (Å²) in [6.45, 7) is 0.154. The minimum absolute atomic E-state index is 0.0358. The van der Waals surface area contributed by atoms with Gasteiger partial charge in [-0.25, -0.2) is 4.79 Å². The molecule has 8 heteroatoms. The van der Waals surface area contributed by atoms with E-state index in [2.05, 4.69) is 31.9 Å². The van der Waals surface area contributed by atoms with Gasteiger partial charge in [-0.3, -0.25) is 4.79 Å². The number of hydrogen-bond donors (Lipinski definition) is 0. The summed E-state index contributed by atoms with van der Waals surface area (Å²) in [5.74, 6) is 1.00. The number of allylic oxidation sites excluding steroid dienone is 1. The lowest BCUT2D eigenvalue weighted by Gasteiger charge is -2.09. The Balaban J connectivity index is 1.67. The molecule has 0 fully saturated rings. The highest BCUT2D eigenvalue weighted by Gasteiger charge is 2.36. The summed E-state index contributed by atoms with van der Waals surface area (Å²) in [5, 5.41) is 0. The largest absolute Gasteiger partial charge is 0.496 e. The molecule has 2 heterocycles. The number of halogens is 2. The zero-order valence-corrected chi connectivity index (χ0v) is 20.9. The summed E-state index contributed by atoms with van der Waals surface area (Å²) in [4.78, 5) is 26.4. The number of benzene rings is 3. The Morgan fingerprint density at radius 1 is 0.971 bits per heavy atom. The van der Waals surface area contributed by atoms with Crippen LogP contribution in [0.5, 0.6) is 17.2 Å². The summed E-state index contributed by atoms with van der Waals surface area (Å²) in [6.07, 6.45) is 1.70.